The molecule has 1 fully saturated rings. The molecule has 110 valence electrons. The van der Waals surface area contributed by atoms with Crippen LogP contribution in [0.3, 0.4) is 0 Å². The number of hydrogen-bond acceptors (Lipinski definition) is 1. The molecule has 0 heterocycles. The van der Waals surface area contributed by atoms with Crippen molar-refractivity contribution in [1.29, 1.82) is 0 Å². The molecular formula is C17H26N2O. The molecule has 3 heteroatoms. The van der Waals surface area contributed by atoms with Crippen molar-refractivity contribution >= 4 is 11.7 Å². The van der Waals surface area contributed by atoms with Crippen LogP contribution in [0.5, 0.6) is 0 Å². The van der Waals surface area contributed by atoms with Gasteiger partial charge < -0.3 is 10.6 Å². The number of carbonyl (C=O) groups excluding carboxylic acids is 1. The predicted molar refractivity (Wildman–Crippen MR) is 84.1 cm³/mol. The lowest BCUT2D eigenvalue weighted by molar-refractivity contribution is 0.232. The summed E-state index contributed by atoms with van der Waals surface area (Å²) in [5.41, 5.74) is 3.28. The molecule has 1 aliphatic carbocycles. The van der Waals surface area contributed by atoms with Crippen molar-refractivity contribution in [3.63, 3.8) is 0 Å². The number of anilines is 1. The number of benzene rings is 1. The van der Waals surface area contributed by atoms with Crippen LogP contribution in [0.2, 0.25) is 0 Å². The molecule has 3 nitrogen and oxygen atoms in total. The minimum absolute atomic E-state index is 0.0623. The Labute approximate surface area is 122 Å². The molecule has 1 saturated carbocycles. The summed E-state index contributed by atoms with van der Waals surface area (Å²) < 4.78 is 0. The van der Waals surface area contributed by atoms with Gasteiger partial charge in [-0.25, -0.2) is 4.79 Å². The molecule has 0 aliphatic heterocycles. The van der Waals surface area contributed by atoms with Crippen molar-refractivity contribution in [3.8, 4) is 0 Å². The molecule has 0 saturated heterocycles. The van der Waals surface area contributed by atoms with Crippen LogP contribution < -0.4 is 10.6 Å². The third-order valence-corrected chi connectivity index (χ3v) is 4.41. The van der Waals surface area contributed by atoms with Gasteiger partial charge in [0.1, 0.15) is 0 Å². The van der Waals surface area contributed by atoms with E-state index in [2.05, 4.69) is 30.5 Å². The maximum absolute atomic E-state index is 12.2. The van der Waals surface area contributed by atoms with Crippen molar-refractivity contribution in [2.45, 2.75) is 58.9 Å². The predicted octanol–water partition coefficient (Wildman–Crippen LogP) is 4.26. The number of rotatable bonds is 3. The van der Waals surface area contributed by atoms with Gasteiger partial charge in [0.15, 0.2) is 0 Å². The fourth-order valence-corrected chi connectivity index (χ4v) is 3.05. The summed E-state index contributed by atoms with van der Waals surface area (Å²) in [6, 6.07) is 6.41. The number of urea groups is 1. The average Bonchev–Trinajstić information content (AvgIpc) is 2.43. The molecule has 20 heavy (non-hydrogen) atoms. The summed E-state index contributed by atoms with van der Waals surface area (Å²) in [6.45, 7) is 6.38. The van der Waals surface area contributed by atoms with Crippen LogP contribution in [0.1, 0.15) is 50.7 Å². The Balaban J connectivity index is 2.01. The summed E-state index contributed by atoms with van der Waals surface area (Å²) in [4.78, 5) is 12.2. The summed E-state index contributed by atoms with van der Waals surface area (Å²) in [6.07, 6.45) is 5.76. The number of hydrogen-bond donors (Lipinski definition) is 2. The summed E-state index contributed by atoms with van der Waals surface area (Å²) in [5.74, 6) is 0.581. The van der Waals surface area contributed by atoms with E-state index in [0.717, 1.165) is 24.1 Å². The van der Waals surface area contributed by atoms with E-state index in [-0.39, 0.29) is 6.03 Å². The molecule has 1 aromatic rings. The van der Waals surface area contributed by atoms with Gasteiger partial charge in [-0.3, -0.25) is 0 Å². The van der Waals surface area contributed by atoms with Gasteiger partial charge in [-0.1, -0.05) is 44.9 Å². The molecule has 2 rings (SSSR count). The van der Waals surface area contributed by atoms with Gasteiger partial charge in [-0.15, -0.1) is 0 Å². The van der Waals surface area contributed by atoms with Crippen molar-refractivity contribution in [1.82, 2.24) is 5.32 Å². The lowest BCUT2D eigenvalue weighted by atomic mass is 9.86. The fraction of sp³-hybridized carbons (Fsp3) is 0.588. The summed E-state index contributed by atoms with van der Waals surface area (Å²) in [5, 5.41) is 6.19. The lowest BCUT2D eigenvalue weighted by Gasteiger charge is -2.29. The van der Waals surface area contributed by atoms with Gasteiger partial charge in [0.05, 0.1) is 0 Å². The second kappa shape index (κ2) is 6.78. The van der Waals surface area contributed by atoms with E-state index in [0.29, 0.717) is 12.0 Å². The average molecular weight is 274 g/mol. The lowest BCUT2D eigenvalue weighted by Crippen LogP contribution is -2.43. The molecular weight excluding hydrogens is 248 g/mol. The van der Waals surface area contributed by atoms with Crippen LogP contribution in [-0.4, -0.2) is 12.1 Å². The van der Waals surface area contributed by atoms with Crippen molar-refractivity contribution in [2.75, 3.05) is 5.32 Å². The molecule has 0 unspecified atom stereocenters. The van der Waals surface area contributed by atoms with Crippen LogP contribution in [0.4, 0.5) is 10.5 Å². The highest BCUT2D eigenvalue weighted by molar-refractivity contribution is 5.91. The zero-order valence-electron chi connectivity index (χ0n) is 12.8. The molecule has 1 aromatic carbocycles. The Hall–Kier alpha value is -1.51. The highest BCUT2D eigenvalue weighted by atomic mass is 16.2. The second-order valence-corrected chi connectivity index (χ2v) is 5.93. The Morgan fingerprint density at radius 1 is 1.30 bits per heavy atom. The zero-order chi connectivity index (χ0) is 14.5. The molecule has 2 amide bonds. The fourth-order valence-electron chi connectivity index (χ4n) is 3.05. The van der Waals surface area contributed by atoms with Crippen LogP contribution in [0.25, 0.3) is 0 Å². The van der Waals surface area contributed by atoms with Crippen LogP contribution in [0.15, 0.2) is 18.2 Å². The second-order valence-electron chi connectivity index (χ2n) is 5.93. The zero-order valence-corrected chi connectivity index (χ0v) is 12.8. The minimum Gasteiger partial charge on any atom is -0.335 e. The smallest absolute Gasteiger partial charge is 0.319 e. The molecule has 2 atom stereocenters. The number of nitrogens with one attached hydrogen (secondary N) is 2. The standard InChI is InChI=1S/C17H26N2O/c1-4-14-10-7-9-13(3)16(14)19-17(20)18-15-11-6-5-8-12(15)2/h7,9-10,12,15H,4-6,8,11H2,1-3H3,(H2,18,19,20)/t12-,15-/m1/s1. The van der Waals surface area contributed by atoms with E-state index in [1.165, 1.54) is 24.8 Å². The van der Waals surface area contributed by atoms with E-state index >= 15 is 0 Å². The SMILES string of the molecule is CCc1cccc(C)c1NC(=O)N[C@@H]1CCCC[C@H]1C. The van der Waals surface area contributed by atoms with Gasteiger partial charge in [0.2, 0.25) is 0 Å². The molecule has 0 bridgehead atoms. The normalized spacial score (nSPS) is 22.4. The van der Waals surface area contributed by atoms with Gasteiger partial charge in [0.25, 0.3) is 0 Å². The maximum atomic E-state index is 12.2. The van der Waals surface area contributed by atoms with Gasteiger partial charge in [-0.2, -0.15) is 0 Å². The largest absolute Gasteiger partial charge is 0.335 e. The van der Waals surface area contributed by atoms with E-state index in [1.807, 2.05) is 19.1 Å². The summed E-state index contributed by atoms with van der Waals surface area (Å²) in [7, 11) is 0. The molecule has 0 aromatic heterocycles. The number of para-hydroxylation sites is 1. The highest BCUT2D eigenvalue weighted by Gasteiger charge is 2.23. The quantitative estimate of drug-likeness (QED) is 0.849. The molecule has 2 N–H and O–H groups in total. The first-order valence-corrected chi connectivity index (χ1v) is 7.77. The van der Waals surface area contributed by atoms with Crippen molar-refractivity contribution in [3.05, 3.63) is 29.3 Å². The summed E-state index contributed by atoms with van der Waals surface area (Å²) >= 11 is 0. The monoisotopic (exact) mass is 274 g/mol. The molecule has 0 spiro atoms. The molecule has 1 aliphatic rings. The van der Waals surface area contributed by atoms with Crippen LogP contribution >= 0.6 is 0 Å². The highest BCUT2D eigenvalue weighted by Crippen LogP contribution is 2.24. The van der Waals surface area contributed by atoms with E-state index in [9.17, 15) is 4.79 Å². The third kappa shape index (κ3) is 3.53. The number of amides is 2. The van der Waals surface area contributed by atoms with Crippen LogP contribution in [-0.2, 0) is 6.42 Å². The molecule has 0 radical (unpaired) electrons. The first kappa shape index (κ1) is 14.9. The first-order chi connectivity index (χ1) is 9.61. The Morgan fingerprint density at radius 3 is 2.75 bits per heavy atom. The van der Waals surface area contributed by atoms with Crippen molar-refractivity contribution < 1.29 is 4.79 Å². The Morgan fingerprint density at radius 2 is 2.05 bits per heavy atom. The van der Waals surface area contributed by atoms with Gasteiger partial charge in [0, 0.05) is 11.7 Å². The van der Waals surface area contributed by atoms with Crippen molar-refractivity contribution in [2.24, 2.45) is 5.92 Å². The van der Waals surface area contributed by atoms with E-state index in [1.54, 1.807) is 0 Å². The topological polar surface area (TPSA) is 41.1 Å². The number of aryl methyl sites for hydroxylation is 2. The van der Waals surface area contributed by atoms with E-state index < -0.39 is 0 Å². The van der Waals surface area contributed by atoms with Crippen LogP contribution in [0, 0.1) is 12.8 Å². The van der Waals surface area contributed by atoms with E-state index in [4.69, 9.17) is 0 Å². The van der Waals surface area contributed by atoms with Gasteiger partial charge in [-0.05, 0) is 43.2 Å². The Bertz CT molecular complexity index is 470. The maximum Gasteiger partial charge on any atom is 0.319 e. The van der Waals surface area contributed by atoms with Gasteiger partial charge >= 0.3 is 6.03 Å². The first-order valence-electron chi connectivity index (χ1n) is 7.77. The Kier molecular flexibility index (Phi) is 5.05. The third-order valence-electron chi connectivity index (χ3n) is 4.41. The number of carbonyl (C=O) groups is 1. The minimum atomic E-state index is -0.0623.